The van der Waals surface area contributed by atoms with E-state index in [1.54, 1.807) is 0 Å². The quantitative estimate of drug-likeness (QED) is 0.355. The Labute approximate surface area is 57.6 Å². The molecule has 0 bridgehead atoms. The molecule has 2 nitrogen and oxygen atoms in total. The molecule has 0 unspecified atom stereocenters. The lowest BCUT2D eigenvalue weighted by atomic mass is 10.2. The number of hydrogen-bond acceptors (Lipinski definition) is 2. The molecule has 10 heavy (non-hydrogen) atoms. The Kier molecular flexibility index (Phi) is 1.99. The van der Waals surface area contributed by atoms with Crippen molar-refractivity contribution in [3.05, 3.63) is 35.6 Å². The lowest BCUT2D eigenvalue weighted by Gasteiger charge is -1.88. The van der Waals surface area contributed by atoms with Gasteiger partial charge in [-0.25, -0.2) is 4.39 Å². The Hall–Kier alpha value is -1.38. The summed E-state index contributed by atoms with van der Waals surface area (Å²) >= 11 is 0. The van der Waals surface area contributed by atoms with Crippen LogP contribution in [0.4, 0.5) is 4.39 Å². The lowest BCUT2D eigenvalue weighted by molar-refractivity contribution is 0.322. The van der Waals surface area contributed by atoms with E-state index in [9.17, 15) is 4.39 Å². The summed E-state index contributed by atoms with van der Waals surface area (Å²) in [5.74, 6) is -0.367. The van der Waals surface area contributed by atoms with Gasteiger partial charge in [0.15, 0.2) is 0 Å². The number of benzene rings is 1. The van der Waals surface area contributed by atoms with Gasteiger partial charge in [-0.1, -0.05) is 11.2 Å². The van der Waals surface area contributed by atoms with E-state index in [2.05, 4.69) is 11.2 Å². The van der Waals surface area contributed by atoms with E-state index < -0.39 is 0 Å². The number of oxime groups is 1. The largest absolute Gasteiger partial charge is 0.411 e. The molecule has 1 radical (unpaired) electrons. The molecule has 0 aliphatic carbocycles. The van der Waals surface area contributed by atoms with Crippen LogP contribution >= 0.6 is 0 Å². The zero-order valence-corrected chi connectivity index (χ0v) is 5.08. The summed E-state index contributed by atoms with van der Waals surface area (Å²) < 4.78 is 12.3. The molecule has 1 aromatic rings. The van der Waals surface area contributed by atoms with Gasteiger partial charge < -0.3 is 5.21 Å². The second kappa shape index (κ2) is 2.96. The smallest absolute Gasteiger partial charge is 0.123 e. The van der Waals surface area contributed by atoms with Crippen molar-refractivity contribution in [2.24, 2.45) is 5.16 Å². The highest BCUT2D eigenvalue weighted by molar-refractivity contribution is 5.78. The van der Waals surface area contributed by atoms with Crippen LogP contribution in [-0.4, -0.2) is 11.4 Å². The van der Waals surface area contributed by atoms with Gasteiger partial charge in [0.1, 0.15) is 5.82 Å². The molecular formula is C7H5FNO. The Morgan fingerprint density at radius 2 is 2.50 bits per heavy atom. The van der Waals surface area contributed by atoms with Gasteiger partial charge in [0.05, 0.1) is 6.21 Å². The summed E-state index contributed by atoms with van der Waals surface area (Å²) in [5, 5.41) is 10.8. The van der Waals surface area contributed by atoms with Gasteiger partial charge in [-0.2, -0.15) is 0 Å². The molecule has 3 heteroatoms. The first-order valence-corrected chi connectivity index (χ1v) is 2.67. The van der Waals surface area contributed by atoms with Gasteiger partial charge in [-0.05, 0) is 18.2 Å². The minimum Gasteiger partial charge on any atom is -0.411 e. The van der Waals surface area contributed by atoms with Crippen LogP contribution in [0.25, 0.3) is 0 Å². The first-order chi connectivity index (χ1) is 4.83. The van der Waals surface area contributed by atoms with E-state index in [1.165, 1.54) is 18.2 Å². The zero-order valence-electron chi connectivity index (χ0n) is 5.08. The Morgan fingerprint density at radius 3 is 3.10 bits per heavy atom. The van der Waals surface area contributed by atoms with Crippen LogP contribution < -0.4 is 0 Å². The standard InChI is InChI=1S/C7H5FNO/c8-7-3-1-2-6(4-7)5-9-10/h1,3-5,10H. The summed E-state index contributed by atoms with van der Waals surface area (Å²) in [5.41, 5.74) is 0.419. The lowest BCUT2D eigenvalue weighted by Crippen LogP contribution is -1.81. The molecule has 0 aromatic heterocycles. The van der Waals surface area contributed by atoms with Crippen molar-refractivity contribution in [1.82, 2.24) is 0 Å². The average molecular weight is 138 g/mol. The fourth-order valence-corrected chi connectivity index (χ4v) is 0.593. The Bertz CT molecular complexity index is 247. The van der Waals surface area contributed by atoms with Gasteiger partial charge >= 0.3 is 0 Å². The highest BCUT2D eigenvalue weighted by Crippen LogP contribution is 1.98. The maximum atomic E-state index is 12.3. The molecule has 0 aliphatic heterocycles. The fraction of sp³-hybridized carbons (Fsp3) is 0. The maximum Gasteiger partial charge on any atom is 0.123 e. The van der Waals surface area contributed by atoms with Crippen molar-refractivity contribution in [1.29, 1.82) is 0 Å². The first kappa shape index (κ1) is 6.74. The van der Waals surface area contributed by atoms with Crippen molar-refractivity contribution in [3.8, 4) is 0 Å². The second-order valence-electron chi connectivity index (χ2n) is 1.71. The fourth-order valence-electron chi connectivity index (χ4n) is 0.593. The van der Waals surface area contributed by atoms with E-state index >= 15 is 0 Å². The average Bonchev–Trinajstić information content (AvgIpc) is 1.88. The highest BCUT2D eigenvalue weighted by atomic mass is 19.1. The van der Waals surface area contributed by atoms with Crippen LogP contribution in [0, 0.1) is 11.9 Å². The summed E-state index contributed by atoms with van der Waals surface area (Å²) in [7, 11) is 0. The molecule has 0 aliphatic rings. The normalized spacial score (nSPS) is 10.5. The minimum atomic E-state index is -0.367. The molecule has 0 amide bonds. The Balaban J connectivity index is 2.95. The minimum absolute atomic E-state index is 0.367. The topological polar surface area (TPSA) is 32.6 Å². The Morgan fingerprint density at radius 1 is 1.70 bits per heavy atom. The van der Waals surface area contributed by atoms with Gasteiger partial charge in [0, 0.05) is 5.56 Å². The zero-order chi connectivity index (χ0) is 7.40. The number of halogens is 1. The van der Waals surface area contributed by atoms with Gasteiger partial charge in [0.2, 0.25) is 0 Å². The van der Waals surface area contributed by atoms with Crippen molar-refractivity contribution >= 4 is 6.21 Å². The summed E-state index contributed by atoms with van der Waals surface area (Å²) in [6.07, 6.45) is 1.11. The SMILES string of the molecule is ON=Cc1[c]ccc(F)c1. The van der Waals surface area contributed by atoms with E-state index in [1.807, 2.05) is 0 Å². The van der Waals surface area contributed by atoms with E-state index in [4.69, 9.17) is 5.21 Å². The van der Waals surface area contributed by atoms with Crippen molar-refractivity contribution < 1.29 is 9.60 Å². The third-order valence-electron chi connectivity index (χ3n) is 0.983. The van der Waals surface area contributed by atoms with Crippen molar-refractivity contribution in [2.45, 2.75) is 0 Å². The monoisotopic (exact) mass is 138 g/mol. The van der Waals surface area contributed by atoms with Crippen LogP contribution in [0.1, 0.15) is 5.56 Å². The summed E-state index contributed by atoms with van der Waals surface area (Å²) in [6.45, 7) is 0. The van der Waals surface area contributed by atoms with Crippen LogP contribution in [-0.2, 0) is 0 Å². The molecule has 1 rings (SSSR count). The van der Waals surface area contributed by atoms with E-state index in [0.29, 0.717) is 5.56 Å². The van der Waals surface area contributed by atoms with Crippen LogP contribution in [0.3, 0.4) is 0 Å². The maximum absolute atomic E-state index is 12.3. The van der Waals surface area contributed by atoms with Crippen LogP contribution in [0.2, 0.25) is 0 Å². The number of hydrogen-bond donors (Lipinski definition) is 1. The van der Waals surface area contributed by atoms with E-state index in [0.717, 1.165) is 6.21 Å². The van der Waals surface area contributed by atoms with Crippen molar-refractivity contribution in [2.75, 3.05) is 0 Å². The molecule has 1 N–H and O–H groups in total. The second-order valence-corrected chi connectivity index (χ2v) is 1.71. The van der Waals surface area contributed by atoms with Crippen LogP contribution in [0.15, 0.2) is 23.4 Å². The molecule has 0 saturated heterocycles. The third-order valence-corrected chi connectivity index (χ3v) is 0.983. The molecule has 0 heterocycles. The molecule has 51 valence electrons. The molecular weight excluding hydrogens is 133 g/mol. The number of nitrogens with zero attached hydrogens (tertiary/aromatic N) is 1. The predicted molar refractivity (Wildman–Crippen MR) is 34.6 cm³/mol. The predicted octanol–water partition coefficient (Wildman–Crippen LogP) is 1.43. The molecule has 1 aromatic carbocycles. The molecule has 0 spiro atoms. The van der Waals surface area contributed by atoms with Crippen molar-refractivity contribution in [3.63, 3.8) is 0 Å². The first-order valence-electron chi connectivity index (χ1n) is 2.67. The molecule has 0 saturated carbocycles. The molecule has 0 atom stereocenters. The highest BCUT2D eigenvalue weighted by Gasteiger charge is 1.89. The summed E-state index contributed by atoms with van der Waals surface area (Å²) in [4.78, 5) is 0. The van der Waals surface area contributed by atoms with Crippen LogP contribution in [0.5, 0.6) is 0 Å². The third kappa shape index (κ3) is 1.55. The van der Waals surface area contributed by atoms with Gasteiger partial charge in [-0.3, -0.25) is 0 Å². The molecule has 0 fully saturated rings. The van der Waals surface area contributed by atoms with Gasteiger partial charge in [0.25, 0.3) is 0 Å². The number of rotatable bonds is 1. The van der Waals surface area contributed by atoms with E-state index in [-0.39, 0.29) is 5.82 Å². The van der Waals surface area contributed by atoms with Gasteiger partial charge in [-0.15, -0.1) is 0 Å². The summed E-state index contributed by atoms with van der Waals surface area (Å²) in [6, 6.07) is 6.58.